The molecule has 3 heterocycles. The Kier molecular flexibility index (Phi) is 8.83. The first-order valence-corrected chi connectivity index (χ1v) is 12.4. The smallest absolute Gasteiger partial charge is 0.124 e. The molecule has 1 aliphatic heterocycles. The number of anilines is 2. The van der Waals surface area contributed by atoms with Gasteiger partial charge in [-0.05, 0) is 68.5 Å². The van der Waals surface area contributed by atoms with Crippen molar-refractivity contribution >= 4 is 52.2 Å². The van der Waals surface area contributed by atoms with Gasteiger partial charge in [0.15, 0.2) is 0 Å². The van der Waals surface area contributed by atoms with E-state index in [-0.39, 0.29) is 5.71 Å². The number of rotatable bonds is 5. The highest BCUT2D eigenvalue weighted by molar-refractivity contribution is 7.99. The van der Waals surface area contributed by atoms with Gasteiger partial charge in [-0.1, -0.05) is 23.2 Å². The van der Waals surface area contributed by atoms with Gasteiger partial charge < -0.3 is 16.2 Å². The molecule has 9 heteroatoms. The summed E-state index contributed by atoms with van der Waals surface area (Å²) in [6, 6.07) is 8.50. The maximum atomic E-state index is 8.45. The van der Waals surface area contributed by atoms with Crippen LogP contribution in [0, 0.1) is 12.3 Å². The lowest BCUT2D eigenvalue weighted by molar-refractivity contribution is 0.227. The standard InChI is InChI=1S/C20H19Cl2N5O.C4H8S/c1-10-19(22)18(15(21)9-26-10)11(2)28-13-4-5-16(23)14(7-13)20(25)12-3-6-17(24)27-8-12;1-2-4-5-3-1/h3-9,11,25H,23H2,1-2H3,(H2,24,27);1-4H2/t11-;/m1./s1. The third kappa shape index (κ3) is 6.53. The molecule has 0 unspecified atom stereocenters. The minimum absolute atomic E-state index is 0.221. The molecule has 1 aromatic carbocycles. The van der Waals surface area contributed by atoms with Crippen molar-refractivity contribution in [2.45, 2.75) is 32.8 Å². The molecule has 0 amide bonds. The van der Waals surface area contributed by atoms with Crippen LogP contribution in [0.25, 0.3) is 0 Å². The first kappa shape index (κ1) is 25.1. The van der Waals surface area contributed by atoms with Crippen molar-refractivity contribution in [3.05, 3.63) is 75.2 Å². The highest BCUT2D eigenvalue weighted by Gasteiger charge is 2.19. The number of nitrogens with one attached hydrogen (secondary N) is 1. The van der Waals surface area contributed by atoms with Crippen LogP contribution in [0.15, 0.2) is 42.7 Å². The van der Waals surface area contributed by atoms with Crippen LogP contribution in [0.4, 0.5) is 11.5 Å². The minimum atomic E-state index is -0.425. The zero-order valence-electron chi connectivity index (χ0n) is 18.6. The molecule has 0 saturated carbocycles. The van der Waals surface area contributed by atoms with E-state index in [0.29, 0.717) is 49.7 Å². The Balaban J connectivity index is 0.000000541. The molecule has 1 aliphatic rings. The van der Waals surface area contributed by atoms with Crippen molar-refractivity contribution in [2.24, 2.45) is 0 Å². The fourth-order valence-electron chi connectivity index (χ4n) is 3.26. The van der Waals surface area contributed by atoms with E-state index in [1.807, 2.05) is 6.92 Å². The Bertz CT molecular complexity index is 1110. The second-order valence-electron chi connectivity index (χ2n) is 7.59. The highest BCUT2D eigenvalue weighted by Crippen LogP contribution is 2.35. The number of ether oxygens (including phenoxy) is 1. The number of thioether (sulfide) groups is 1. The SMILES string of the molecule is C1CCSC1.Cc1ncc(Cl)c([C@@H](C)Oc2ccc(N)c(C(=N)c3ccc(N)nc3)c2)c1Cl. The second kappa shape index (κ2) is 11.6. The number of pyridine rings is 2. The number of hydrogen-bond donors (Lipinski definition) is 3. The van der Waals surface area contributed by atoms with Gasteiger partial charge in [0.2, 0.25) is 0 Å². The molecule has 5 N–H and O–H groups in total. The van der Waals surface area contributed by atoms with Crippen LogP contribution in [-0.2, 0) is 0 Å². The lowest BCUT2D eigenvalue weighted by atomic mass is 10.0. The highest BCUT2D eigenvalue weighted by atomic mass is 35.5. The molecule has 4 rings (SSSR count). The molecule has 6 nitrogen and oxygen atoms in total. The molecule has 3 aromatic rings. The fraction of sp³-hybridized carbons (Fsp3) is 0.292. The van der Waals surface area contributed by atoms with Crippen molar-refractivity contribution in [2.75, 3.05) is 23.0 Å². The molecule has 2 aromatic heterocycles. The third-order valence-corrected chi connectivity index (χ3v) is 7.03. The van der Waals surface area contributed by atoms with Gasteiger partial charge in [0, 0.05) is 34.8 Å². The minimum Gasteiger partial charge on any atom is -0.486 e. The van der Waals surface area contributed by atoms with Crippen LogP contribution in [-0.4, -0.2) is 27.2 Å². The maximum absolute atomic E-state index is 8.45. The molecule has 0 radical (unpaired) electrons. The quantitative estimate of drug-likeness (QED) is 0.277. The molecule has 1 atom stereocenters. The number of benzene rings is 1. The lowest BCUT2D eigenvalue weighted by Crippen LogP contribution is -2.09. The van der Waals surface area contributed by atoms with Crippen LogP contribution in [0.1, 0.15) is 48.3 Å². The molecule has 1 fully saturated rings. The second-order valence-corrected chi connectivity index (χ2v) is 9.60. The summed E-state index contributed by atoms with van der Waals surface area (Å²) < 4.78 is 6.03. The van der Waals surface area contributed by atoms with Crippen molar-refractivity contribution in [1.82, 2.24) is 9.97 Å². The number of aromatic nitrogens is 2. The number of hydrogen-bond acceptors (Lipinski definition) is 7. The van der Waals surface area contributed by atoms with E-state index in [1.54, 1.807) is 43.5 Å². The summed E-state index contributed by atoms with van der Waals surface area (Å²) >= 11 is 14.7. The van der Waals surface area contributed by atoms with Crippen molar-refractivity contribution in [3.8, 4) is 5.75 Å². The van der Waals surface area contributed by atoms with Crippen LogP contribution in [0.2, 0.25) is 10.0 Å². The lowest BCUT2D eigenvalue weighted by Gasteiger charge is -2.19. The molecular weight excluding hydrogens is 477 g/mol. The maximum Gasteiger partial charge on any atom is 0.124 e. The molecule has 0 spiro atoms. The summed E-state index contributed by atoms with van der Waals surface area (Å²) in [7, 11) is 0. The van der Waals surface area contributed by atoms with Gasteiger partial charge in [-0.3, -0.25) is 10.4 Å². The van der Waals surface area contributed by atoms with Gasteiger partial charge in [0.1, 0.15) is 17.7 Å². The van der Waals surface area contributed by atoms with Gasteiger partial charge in [0.05, 0.1) is 21.5 Å². The Hall–Kier alpha value is -2.48. The van der Waals surface area contributed by atoms with E-state index in [0.717, 1.165) is 0 Å². The van der Waals surface area contributed by atoms with Gasteiger partial charge in [0.25, 0.3) is 0 Å². The molecule has 174 valence electrons. The van der Waals surface area contributed by atoms with Crippen LogP contribution < -0.4 is 16.2 Å². The monoisotopic (exact) mass is 503 g/mol. The molecule has 1 saturated heterocycles. The van der Waals surface area contributed by atoms with E-state index in [2.05, 4.69) is 21.7 Å². The number of aryl methyl sites for hydroxylation is 1. The number of nitrogen functional groups attached to an aromatic ring is 2. The number of nitrogens with zero attached hydrogens (tertiary/aromatic N) is 2. The topological polar surface area (TPSA) is 111 Å². The van der Waals surface area contributed by atoms with E-state index < -0.39 is 6.10 Å². The van der Waals surface area contributed by atoms with Gasteiger partial charge >= 0.3 is 0 Å². The Labute approximate surface area is 208 Å². The zero-order chi connectivity index (χ0) is 24.0. The summed E-state index contributed by atoms with van der Waals surface area (Å²) in [5.74, 6) is 3.75. The van der Waals surface area contributed by atoms with E-state index in [1.165, 1.54) is 30.5 Å². The van der Waals surface area contributed by atoms with Crippen molar-refractivity contribution in [3.63, 3.8) is 0 Å². The van der Waals surface area contributed by atoms with E-state index in [4.69, 9.17) is 44.8 Å². The largest absolute Gasteiger partial charge is 0.486 e. The molecular formula is C24H27Cl2N5OS. The predicted molar refractivity (Wildman–Crippen MR) is 140 cm³/mol. The van der Waals surface area contributed by atoms with Crippen LogP contribution in [0.3, 0.4) is 0 Å². The summed E-state index contributed by atoms with van der Waals surface area (Å²) in [4.78, 5) is 8.16. The van der Waals surface area contributed by atoms with Gasteiger partial charge in [-0.15, -0.1) is 0 Å². The Morgan fingerprint density at radius 1 is 1.09 bits per heavy atom. The average Bonchev–Trinajstić information content (AvgIpc) is 3.38. The average molecular weight is 504 g/mol. The first-order chi connectivity index (χ1) is 15.8. The summed E-state index contributed by atoms with van der Waals surface area (Å²) in [5.41, 5.74) is 14.8. The summed E-state index contributed by atoms with van der Waals surface area (Å²) in [6.45, 7) is 3.65. The fourth-order valence-corrected chi connectivity index (χ4v) is 4.93. The molecule has 0 aliphatic carbocycles. The van der Waals surface area contributed by atoms with E-state index >= 15 is 0 Å². The molecule has 0 bridgehead atoms. The predicted octanol–water partition coefficient (Wildman–Crippen LogP) is 6.33. The Morgan fingerprint density at radius 2 is 1.82 bits per heavy atom. The zero-order valence-corrected chi connectivity index (χ0v) is 20.9. The first-order valence-electron chi connectivity index (χ1n) is 10.5. The van der Waals surface area contributed by atoms with Crippen molar-refractivity contribution in [1.29, 1.82) is 5.41 Å². The van der Waals surface area contributed by atoms with Crippen LogP contribution in [0.5, 0.6) is 5.75 Å². The summed E-state index contributed by atoms with van der Waals surface area (Å²) in [5, 5.41) is 9.35. The van der Waals surface area contributed by atoms with E-state index in [9.17, 15) is 0 Å². The number of nitrogens with two attached hydrogens (primary N) is 2. The normalized spacial score (nSPS) is 13.7. The Morgan fingerprint density at radius 3 is 2.42 bits per heavy atom. The third-order valence-electron chi connectivity index (χ3n) is 5.10. The van der Waals surface area contributed by atoms with Crippen LogP contribution >= 0.6 is 35.0 Å². The molecule has 33 heavy (non-hydrogen) atoms. The number of halogens is 2. The van der Waals surface area contributed by atoms with Crippen molar-refractivity contribution < 1.29 is 4.74 Å². The van der Waals surface area contributed by atoms with Gasteiger partial charge in [-0.2, -0.15) is 11.8 Å². The summed E-state index contributed by atoms with van der Waals surface area (Å²) in [6.07, 6.45) is 5.59. The van der Waals surface area contributed by atoms with Gasteiger partial charge in [-0.25, -0.2) is 4.98 Å².